The second kappa shape index (κ2) is 6.25. The smallest absolute Gasteiger partial charge is 0.253 e. The van der Waals surface area contributed by atoms with Gasteiger partial charge in [-0.1, -0.05) is 18.2 Å². The Kier molecular flexibility index (Phi) is 4.95. The predicted octanol–water partition coefficient (Wildman–Crippen LogP) is 0.502. The molecule has 0 aliphatic carbocycles. The normalized spacial score (nSPS) is 12.2. The molecule has 0 fully saturated rings. The third-order valence-corrected chi connectivity index (χ3v) is 2.31. The summed E-state index contributed by atoms with van der Waals surface area (Å²) in [5.41, 5.74) is 0.598. The zero-order valence-corrected chi connectivity index (χ0v) is 9.34. The Morgan fingerprint density at radius 2 is 2.00 bits per heavy atom. The number of likely N-dealkylation sites (N-methyl/N-ethyl adjacent to an activating group) is 1. The number of hydrogen-bond acceptors (Lipinski definition) is 3. The SMILES string of the molecule is CN(CC(O)CCO)C(=O)c1ccccc1. The van der Waals surface area contributed by atoms with Crippen molar-refractivity contribution < 1.29 is 15.0 Å². The number of amides is 1. The van der Waals surface area contributed by atoms with E-state index in [1.807, 2.05) is 6.07 Å². The van der Waals surface area contributed by atoms with Gasteiger partial charge in [0.1, 0.15) is 0 Å². The molecule has 16 heavy (non-hydrogen) atoms. The highest BCUT2D eigenvalue weighted by atomic mass is 16.3. The van der Waals surface area contributed by atoms with Crippen LogP contribution in [0.2, 0.25) is 0 Å². The quantitative estimate of drug-likeness (QED) is 0.764. The monoisotopic (exact) mass is 223 g/mol. The molecule has 0 aliphatic rings. The van der Waals surface area contributed by atoms with Gasteiger partial charge in [-0.05, 0) is 18.6 Å². The molecule has 1 atom stereocenters. The number of aliphatic hydroxyl groups is 2. The van der Waals surface area contributed by atoms with Crippen LogP contribution < -0.4 is 0 Å². The van der Waals surface area contributed by atoms with Crippen LogP contribution >= 0.6 is 0 Å². The molecule has 0 saturated carbocycles. The van der Waals surface area contributed by atoms with E-state index in [0.717, 1.165) is 0 Å². The summed E-state index contributed by atoms with van der Waals surface area (Å²) in [4.78, 5) is 13.3. The number of benzene rings is 1. The van der Waals surface area contributed by atoms with Gasteiger partial charge >= 0.3 is 0 Å². The Bertz CT molecular complexity index is 326. The molecule has 0 heterocycles. The lowest BCUT2D eigenvalue weighted by molar-refractivity contribution is 0.0630. The largest absolute Gasteiger partial charge is 0.396 e. The van der Waals surface area contributed by atoms with Crippen molar-refractivity contribution in [3.63, 3.8) is 0 Å². The van der Waals surface area contributed by atoms with E-state index < -0.39 is 6.10 Å². The molecule has 1 rings (SSSR count). The number of aliphatic hydroxyl groups excluding tert-OH is 2. The molecule has 1 unspecified atom stereocenters. The molecule has 0 aliphatic heterocycles. The molecule has 2 N–H and O–H groups in total. The van der Waals surface area contributed by atoms with Crippen molar-refractivity contribution in [2.24, 2.45) is 0 Å². The van der Waals surface area contributed by atoms with E-state index in [1.165, 1.54) is 4.90 Å². The third-order valence-electron chi connectivity index (χ3n) is 2.31. The van der Waals surface area contributed by atoms with Crippen molar-refractivity contribution in [3.8, 4) is 0 Å². The van der Waals surface area contributed by atoms with E-state index in [2.05, 4.69) is 0 Å². The molecular weight excluding hydrogens is 206 g/mol. The topological polar surface area (TPSA) is 60.8 Å². The lowest BCUT2D eigenvalue weighted by atomic mass is 10.2. The molecule has 0 radical (unpaired) electrons. The van der Waals surface area contributed by atoms with Crippen molar-refractivity contribution >= 4 is 5.91 Å². The second-order valence-electron chi connectivity index (χ2n) is 3.72. The molecule has 1 aromatic rings. The van der Waals surface area contributed by atoms with Crippen LogP contribution in [-0.2, 0) is 0 Å². The predicted molar refractivity (Wildman–Crippen MR) is 61.1 cm³/mol. The second-order valence-corrected chi connectivity index (χ2v) is 3.72. The summed E-state index contributed by atoms with van der Waals surface area (Å²) in [6, 6.07) is 8.91. The first-order valence-electron chi connectivity index (χ1n) is 5.24. The molecule has 1 aromatic carbocycles. The van der Waals surface area contributed by atoms with Crippen LogP contribution in [0.15, 0.2) is 30.3 Å². The third kappa shape index (κ3) is 3.64. The van der Waals surface area contributed by atoms with Gasteiger partial charge in [-0.15, -0.1) is 0 Å². The fraction of sp³-hybridized carbons (Fsp3) is 0.417. The Labute approximate surface area is 95.1 Å². The number of carbonyl (C=O) groups excluding carboxylic acids is 1. The highest BCUT2D eigenvalue weighted by molar-refractivity contribution is 5.93. The summed E-state index contributed by atoms with van der Waals surface area (Å²) in [5, 5.41) is 18.1. The van der Waals surface area contributed by atoms with Gasteiger partial charge < -0.3 is 15.1 Å². The molecule has 0 saturated heterocycles. The van der Waals surface area contributed by atoms with Crippen molar-refractivity contribution in [2.45, 2.75) is 12.5 Å². The number of nitrogens with zero attached hydrogens (tertiary/aromatic N) is 1. The van der Waals surface area contributed by atoms with Crippen LogP contribution in [0.5, 0.6) is 0 Å². The van der Waals surface area contributed by atoms with Gasteiger partial charge in [0, 0.05) is 25.8 Å². The standard InChI is InChI=1S/C12H17NO3/c1-13(9-11(15)7-8-14)12(16)10-5-3-2-4-6-10/h2-6,11,14-15H,7-9H2,1H3. The van der Waals surface area contributed by atoms with E-state index in [1.54, 1.807) is 31.3 Å². The Morgan fingerprint density at radius 3 is 2.56 bits per heavy atom. The van der Waals surface area contributed by atoms with E-state index in [0.29, 0.717) is 5.56 Å². The maximum atomic E-state index is 11.8. The number of carbonyl (C=O) groups is 1. The minimum atomic E-state index is -0.678. The fourth-order valence-corrected chi connectivity index (χ4v) is 1.44. The van der Waals surface area contributed by atoms with E-state index in [4.69, 9.17) is 5.11 Å². The maximum Gasteiger partial charge on any atom is 0.253 e. The van der Waals surface area contributed by atoms with Crippen LogP contribution in [0.25, 0.3) is 0 Å². The number of rotatable bonds is 5. The fourth-order valence-electron chi connectivity index (χ4n) is 1.44. The van der Waals surface area contributed by atoms with Crippen LogP contribution in [0.4, 0.5) is 0 Å². The lowest BCUT2D eigenvalue weighted by Crippen LogP contribution is -2.34. The molecular formula is C12H17NO3. The zero-order chi connectivity index (χ0) is 12.0. The molecule has 0 aromatic heterocycles. The molecule has 88 valence electrons. The van der Waals surface area contributed by atoms with Crippen molar-refractivity contribution in [3.05, 3.63) is 35.9 Å². The Hall–Kier alpha value is -1.39. The molecule has 0 spiro atoms. The average Bonchev–Trinajstić information content (AvgIpc) is 2.29. The van der Waals surface area contributed by atoms with Gasteiger partial charge in [-0.25, -0.2) is 0 Å². The van der Waals surface area contributed by atoms with Crippen molar-refractivity contribution in [1.29, 1.82) is 0 Å². The molecule has 0 bridgehead atoms. The number of hydrogen-bond donors (Lipinski definition) is 2. The molecule has 1 amide bonds. The Morgan fingerprint density at radius 1 is 1.38 bits per heavy atom. The highest BCUT2D eigenvalue weighted by Crippen LogP contribution is 2.04. The van der Waals surface area contributed by atoms with E-state index in [-0.39, 0.29) is 25.5 Å². The van der Waals surface area contributed by atoms with E-state index in [9.17, 15) is 9.90 Å². The van der Waals surface area contributed by atoms with Crippen LogP contribution in [-0.4, -0.2) is 47.3 Å². The first kappa shape index (κ1) is 12.7. The van der Waals surface area contributed by atoms with Gasteiger partial charge in [0.05, 0.1) is 6.10 Å². The highest BCUT2D eigenvalue weighted by Gasteiger charge is 2.14. The summed E-state index contributed by atoms with van der Waals surface area (Å²) in [7, 11) is 1.63. The summed E-state index contributed by atoms with van der Waals surface area (Å²) in [5.74, 6) is -0.127. The van der Waals surface area contributed by atoms with Gasteiger partial charge in [-0.2, -0.15) is 0 Å². The van der Waals surface area contributed by atoms with Crippen molar-refractivity contribution in [2.75, 3.05) is 20.2 Å². The lowest BCUT2D eigenvalue weighted by Gasteiger charge is -2.20. The van der Waals surface area contributed by atoms with Crippen LogP contribution in [0, 0.1) is 0 Å². The van der Waals surface area contributed by atoms with Gasteiger partial charge in [-0.3, -0.25) is 4.79 Å². The van der Waals surface area contributed by atoms with Gasteiger partial charge in [0.25, 0.3) is 5.91 Å². The maximum absolute atomic E-state index is 11.8. The zero-order valence-electron chi connectivity index (χ0n) is 9.34. The first-order chi connectivity index (χ1) is 7.65. The van der Waals surface area contributed by atoms with E-state index >= 15 is 0 Å². The Balaban J connectivity index is 2.55. The summed E-state index contributed by atoms with van der Waals surface area (Å²) >= 11 is 0. The van der Waals surface area contributed by atoms with Crippen LogP contribution in [0.3, 0.4) is 0 Å². The molecule has 4 heteroatoms. The van der Waals surface area contributed by atoms with Crippen LogP contribution in [0.1, 0.15) is 16.8 Å². The van der Waals surface area contributed by atoms with Crippen molar-refractivity contribution in [1.82, 2.24) is 4.90 Å². The summed E-state index contributed by atoms with van der Waals surface area (Å²) in [6.45, 7) is 0.156. The summed E-state index contributed by atoms with van der Waals surface area (Å²) in [6.07, 6.45) is -0.394. The molecule has 4 nitrogen and oxygen atoms in total. The minimum absolute atomic E-state index is 0.0749. The first-order valence-corrected chi connectivity index (χ1v) is 5.24. The summed E-state index contributed by atoms with van der Waals surface area (Å²) < 4.78 is 0. The minimum Gasteiger partial charge on any atom is -0.396 e. The van der Waals surface area contributed by atoms with Gasteiger partial charge in [0.15, 0.2) is 0 Å². The van der Waals surface area contributed by atoms with Gasteiger partial charge in [0.2, 0.25) is 0 Å². The average molecular weight is 223 g/mol.